The maximum atomic E-state index is 15.0. The van der Waals surface area contributed by atoms with Crippen molar-refractivity contribution in [1.29, 1.82) is 5.26 Å². The Morgan fingerprint density at radius 2 is 1.88 bits per heavy atom. The zero-order valence-electron chi connectivity index (χ0n) is 23.4. The largest absolute Gasteiger partial charge is 0.473 e. The number of anilines is 1. The molecule has 1 aliphatic carbocycles. The van der Waals surface area contributed by atoms with Crippen molar-refractivity contribution in [2.45, 2.75) is 81.5 Å². The van der Waals surface area contributed by atoms with E-state index in [1.807, 2.05) is 6.07 Å². The molecule has 1 saturated carbocycles. The number of ether oxygens (including phenoxy) is 1. The van der Waals surface area contributed by atoms with E-state index in [9.17, 15) is 50.8 Å². The lowest BCUT2D eigenvalue weighted by atomic mass is 9.97. The highest BCUT2D eigenvalue weighted by atomic mass is 19.4. The van der Waals surface area contributed by atoms with Gasteiger partial charge in [0.05, 0.1) is 12.6 Å². The van der Waals surface area contributed by atoms with Crippen molar-refractivity contribution in [2.24, 2.45) is 5.92 Å². The van der Waals surface area contributed by atoms with Gasteiger partial charge in [-0.3, -0.25) is 19.2 Å². The van der Waals surface area contributed by atoms with Gasteiger partial charge in [-0.05, 0) is 26.2 Å². The molecule has 4 amide bonds. The van der Waals surface area contributed by atoms with Crippen LogP contribution in [0.25, 0.3) is 0 Å². The summed E-state index contributed by atoms with van der Waals surface area (Å²) in [6.07, 6.45) is -5.30. The molecular weight excluding hydrogens is 588 g/mol. The molecule has 2 heterocycles. The van der Waals surface area contributed by atoms with Gasteiger partial charge in [-0.2, -0.15) is 18.4 Å². The second kappa shape index (κ2) is 11.2. The highest BCUT2D eigenvalue weighted by Gasteiger charge is 2.57. The molecule has 2 aliphatic heterocycles. The van der Waals surface area contributed by atoms with Gasteiger partial charge in [-0.15, -0.1) is 0 Å². The van der Waals surface area contributed by atoms with Gasteiger partial charge in [-0.25, -0.2) is 13.2 Å². The minimum atomic E-state index is -5.29. The number of halogens is 6. The average Bonchev–Trinajstić information content (AvgIpc) is 3.64. The van der Waals surface area contributed by atoms with Crippen LogP contribution in [0, 0.1) is 28.9 Å². The topological polar surface area (TPSA) is 132 Å². The van der Waals surface area contributed by atoms with E-state index in [-0.39, 0.29) is 18.1 Å². The number of likely N-dealkylation sites (tertiary alicyclic amines) is 1. The summed E-state index contributed by atoms with van der Waals surface area (Å²) in [7, 11) is 1.06. The number of hydrogen-bond acceptors (Lipinski definition) is 6. The van der Waals surface area contributed by atoms with Gasteiger partial charge in [0.15, 0.2) is 11.6 Å². The highest BCUT2D eigenvalue weighted by molar-refractivity contribution is 6.02. The van der Waals surface area contributed by atoms with Crippen molar-refractivity contribution in [3.63, 3.8) is 0 Å². The second-order valence-corrected chi connectivity index (χ2v) is 11.7. The van der Waals surface area contributed by atoms with E-state index in [0.717, 1.165) is 36.8 Å². The molecule has 4 atom stereocenters. The zero-order chi connectivity index (χ0) is 32.1. The van der Waals surface area contributed by atoms with Crippen molar-refractivity contribution in [3.05, 3.63) is 23.8 Å². The van der Waals surface area contributed by atoms with Crippen molar-refractivity contribution in [1.82, 2.24) is 15.1 Å². The molecule has 43 heavy (non-hydrogen) atoms. The standard InChI is InChI=1S/C27H29F6N5O5/c1-25(2,30)10-18(37(3)21(39)17(6-13-4-5-13)35-24(42)27(31,32)33)22(40)38-12-26(9-15(38)11-34)23(41)36-20-16(29)7-14(28)8-19(20)43-26/h7-8,13,15,17-18H,4-6,9-10,12H2,1-3H3,(H,35,42)(H,36,41)/t15?,17-,18-,26+/m0/s1. The first-order chi connectivity index (χ1) is 19.8. The van der Waals surface area contributed by atoms with Crippen LogP contribution in [0.3, 0.4) is 0 Å². The van der Waals surface area contributed by atoms with Gasteiger partial charge < -0.3 is 25.2 Å². The van der Waals surface area contributed by atoms with Crippen molar-refractivity contribution < 1.29 is 50.3 Å². The number of hydrogen-bond donors (Lipinski definition) is 2. The van der Waals surface area contributed by atoms with E-state index in [1.54, 1.807) is 5.32 Å². The summed E-state index contributed by atoms with van der Waals surface area (Å²) in [5.74, 6) is -8.06. The fraction of sp³-hybridized carbons (Fsp3) is 0.593. The first-order valence-corrected chi connectivity index (χ1v) is 13.4. The van der Waals surface area contributed by atoms with E-state index in [4.69, 9.17) is 4.74 Å². The molecule has 16 heteroatoms. The summed E-state index contributed by atoms with van der Waals surface area (Å²) in [5.41, 5.74) is -4.53. The predicted molar refractivity (Wildman–Crippen MR) is 136 cm³/mol. The maximum absolute atomic E-state index is 15.0. The summed E-state index contributed by atoms with van der Waals surface area (Å²) in [4.78, 5) is 53.7. The molecule has 3 aliphatic rings. The predicted octanol–water partition coefficient (Wildman–Crippen LogP) is 2.97. The quantitative estimate of drug-likeness (QED) is 0.432. The minimum absolute atomic E-state index is 0.136. The number of nitrogens with one attached hydrogen (secondary N) is 2. The number of rotatable bonds is 8. The number of nitrogens with zero attached hydrogens (tertiary/aromatic N) is 3. The number of likely N-dealkylation sites (N-methyl/N-ethyl adjacent to an activating group) is 1. The van der Waals surface area contributed by atoms with E-state index in [0.29, 0.717) is 18.9 Å². The molecule has 4 rings (SSSR count). The van der Waals surface area contributed by atoms with Crippen LogP contribution < -0.4 is 15.4 Å². The van der Waals surface area contributed by atoms with Crippen LogP contribution in [0.4, 0.5) is 32.0 Å². The molecule has 1 saturated heterocycles. The average molecular weight is 618 g/mol. The van der Waals surface area contributed by atoms with Gasteiger partial charge in [-0.1, -0.05) is 12.8 Å². The minimum Gasteiger partial charge on any atom is -0.473 e. The molecule has 2 fully saturated rings. The van der Waals surface area contributed by atoms with Gasteiger partial charge in [0, 0.05) is 32.0 Å². The van der Waals surface area contributed by atoms with Gasteiger partial charge in [0.2, 0.25) is 17.4 Å². The van der Waals surface area contributed by atoms with Crippen molar-refractivity contribution in [3.8, 4) is 11.8 Å². The zero-order valence-corrected chi connectivity index (χ0v) is 23.4. The number of nitriles is 1. The van der Waals surface area contributed by atoms with Crippen LogP contribution in [0.15, 0.2) is 12.1 Å². The molecule has 0 radical (unpaired) electrons. The summed E-state index contributed by atoms with van der Waals surface area (Å²) < 4.78 is 87.8. The molecule has 1 spiro atoms. The summed E-state index contributed by atoms with van der Waals surface area (Å²) in [5, 5.41) is 13.8. The number of carbonyl (C=O) groups is 4. The molecule has 234 valence electrons. The Morgan fingerprint density at radius 3 is 2.44 bits per heavy atom. The van der Waals surface area contributed by atoms with E-state index >= 15 is 0 Å². The fourth-order valence-electron chi connectivity index (χ4n) is 5.28. The molecule has 0 aromatic heterocycles. The molecule has 1 aromatic carbocycles. The third-order valence-corrected chi connectivity index (χ3v) is 7.64. The Morgan fingerprint density at radius 1 is 1.23 bits per heavy atom. The van der Waals surface area contributed by atoms with E-state index < -0.39 is 95.9 Å². The van der Waals surface area contributed by atoms with E-state index in [2.05, 4.69) is 5.32 Å². The lowest BCUT2D eigenvalue weighted by Crippen LogP contribution is -2.58. The highest BCUT2D eigenvalue weighted by Crippen LogP contribution is 2.42. The van der Waals surface area contributed by atoms with Crippen LogP contribution in [-0.2, 0) is 19.2 Å². The summed E-state index contributed by atoms with van der Waals surface area (Å²) in [6, 6.07) is -1.57. The number of amides is 4. The molecule has 2 N–H and O–H groups in total. The normalized spacial score (nSPS) is 23.0. The van der Waals surface area contributed by atoms with Crippen LogP contribution in [0.5, 0.6) is 5.75 Å². The first-order valence-electron chi connectivity index (χ1n) is 13.4. The fourth-order valence-corrected chi connectivity index (χ4v) is 5.28. The van der Waals surface area contributed by atoms with Crippen LogP contribution in [0.2, 0.25) is 0 Å². The summed E-state index contributed by atoms with van der Waals surface area (Å²) >= 11 is 0. The summed E-state index contributed by atoms with van der Waals surface area (Å²) in [6.45, 7) is 1.57. The smallest absolute Gasteiger partial charge is 0.471 e. The van der Waals surface area contributed by atoms with Crippen LogP contribution >= 0.6 is 0 Å². The van der Waals surface area contributed by atoms with Gasteiger partial charge in [0.1, 0.15) is 35.3 Å². The van der Waals surface area contributed by atoms with Crippen molar-refractivity contribution >= 4 is 29.3 Å². The Bertz CT molecular complexity index is 1370. The Balaban J connectivity index is 1.63. The molecule has 1 unspecified atom stereocenters. The molecule has 10 nitrogen and oxygen atoms in total. The molecule has 1 aromatic rings. The Hall–Kier alpha value is -4.03. The Kier molecular flexibility index (Phi) is 8.33. The Labute approximate surface area is 242 Å². The SMILES string of the molecule is CN(C(=O)[C@H](CC1CC1)NC(=O)C(F)(F)F)[C@@H](CC(C)(C)F)C(=O)N1C[C@@]2(CC1C#N)Oc1cc(F)cc(F)c1NC2=O. The number of alkyl halides is 4. The second-order valence-electron chi connectivity index (χ2n) is 11.7. The van der Waals surface area contributed by atoms with Gasteiger partial charge >= 0.3 is 12.1 Å². The number of carbonyl (C=O) groups excluding carboxylic acids is 4. The lowest BCUT2D eigenvalue weighted by Gasteiger charge is -2.37. The number of fused-ring (bicyclic) bond motifs is 1. The lowest BCUT2D eigenvalue weighted by molar-refractivity contribution is -0.175. The molecular formula is C27H29F6N5O5. The van der Waals surface area contributed by atoms with Crippen LogP contribution in [-0.4, -0.2) is 82.6 Å². The van der Waals surface area contributed by atoms with Crippen molar-refractivity contribution in [2.75, 3.05) is 18.9 Å². The third kappa shape index (κ3) is 6.80. The maximum Gasteiger partial charge on any atom is 0.471 e. The van der Waals surface area contributed by atoms with E-state index in [1.165, 1.54) is 0 Å². The first kappa shape index (κ1) is 31.9. The van der Waals surface area contributed by atoms with Crippen LogP contribution in [0.1, 0.15) is 46.0 Å². The third-order valence-electron chi connectivity index (χ3n) is 7.64. The molecule has 0 bridgehead atoms. The number of benzene rings is 1. The van der Waals surface area contributed by atoms with Gasteiger partial charge in [0.25, 0.3) is 5.91 Å². The monoisotopic (exact) mass is 617 g/mol.